The van der Waals surface area contributed by atoms with Crippen LogP contribution in [0.15, 0.2) is 61.2 Å². The van der Waals surface area contributed by atoms with Gasteiger partial charge in [-0.1, -0.05) is 51.1 Å². The van der Waals surface area contributed by atoms with Crippen molar-refractivity contribution in [3.05, 3.63) is 77.9 Å². The van der Waals surface area contributed by atoms with Crippen molar-refractivity contribution in [2.75, 3.05) is 32.7 Å². The third kappa shape index (κ3) is 5.69. The van der Waals surface area contributed by atoms with E-state index in [9.17, 15) is 5.26 Å². The fourth-order valence-corrected chi connectivity index (χ4v) is 4.96. The zero-order valence-corrected chi connectivity index (χ0v) is 21.3. The van der Waals surface area contributed by atoms with Crippen LogP contribution in [0.25, 0.3) is 0 Å². The molecule has 0 saturated carbocycles. The summed E-state index contributed by atoms with van der Waals surface area (Å²) in [5.41, 5.74) is 3.15. The topological polar surface area (TPSA) is 39.5 Å². The normalized spacial score (nSPS) is 16.9. The van der Waals surface area contributed by atoms with Gasteiger partial charge in [-0.3, -0.25) is 9.80 Å². The SMILES string of the molecule is C=CCN1CCN([C@@H](c2ccc(C#N)cc2)c2cccc(O[Si](C)(C)C(C)(C)C)c2)CC1. The van der Waals surface area contributed by atoms with E-state index in [4.69, 9.17) is 4.43 Å². The first-order valence-corrected chi connectivity index (χ1v) is 14.4. The van der Waals surface area contributed by atoms with Crippen LogP contribution < -0.4 is 4.43 Å². The van der Waals surface area contributed by atoms with E-state index in [1.165, 1.54) is 11.1 Å². The lowest BCUT2D eigenvalue weighted by atomic mass is 9.95. The molecule has 1 saturated heterocycles. The molecule has 5 heteroatoms. The van der Waals surface area contributed by atoms with E-state index in [0.29, 0.717) is 5.56 Å². The predicted molar refractivity (Wildman–Crippen MR) is 135 cm³/mol. The third-order valence-corrected chi connectivity index (χ3v) is 11.2. The van der Waals surface area contributed by atoms with E-state index in [2.05, 4.69) is 92.7 Å². The van der Waals surface area contributed by atoms with Crippen molar-refractivity contribution in [1.82, 2.24) is 9.80 Å². The maximum absolute atomic E-state index is 9.24. The molecule has 0 aromatic heterocycles. The third-order valence-electron chi connectivity index (χ3n) is 6.87. The molecule has 0 spiro atoms. The first kappa shape index (κ1) is 24.3. The van der Waals surface area contributed by atoms with Crippen LogP contribution in [-0.4, -0.2) is 50.8 Å². The highest BCUT2D eigenvalue weighted by Crippen LogP contribution is 2.38. The molecule has 2 aromatic rings. The first-order valence-electron chi connectivity index (χ1n) is 11.5. The van der Waals surface area contributed by atoms with Gasteiger partial charge in [0.05, 0.1) is 17.7 Å². The molecule has 1 fully saturated rings. The molecule has 1 aliphatic heterocycles. The van der Waals surface area contributed by atoms with Crippen molar-refractivity contribution >= 4 is 8.32 Å². The van der Waals surface area contributed by atoms with Crippen molar-refractivity contribution in [3.63, 3.8) is 0 Å². The van der Waals surface area contributed by atoms with Crippen LogP contribution in [-0.2, 0) is 0 Å². The van der Waals surface area contributed by atoms with Crippen LogP contribution in [0.2, 0.25) is 18.1 Å². The van der Waals surface area contributed by atoms with Gasteiger partial charge in [0.15, 0.2) is 0 Å². The van der Waals surface area contributed by atoms with Gasteiger partial charge in [-0.05, 0) is 53.5 Å². The molecule has 0 amide bonds. The molecule has 0 aliphatic carbocycles. The largest absolute Gasteiger partial charge is 0.543 e. The highest BCUT2D eigenvalue weighted by Gasteiger charge is 2.39. The van der Waals surface area contributed by atoms with E-state index in [1.807, 2.05) is 18.2 Å². The molecule has 3 rings (SSSR count). The molecule has 1 heterocycles. The van der Waals surface area contributed by atoms with Crippen LogP contribution in [0.5, 0.6) is 5.75 Å². The lowest BCUT2D eigenvalue weighted by molar-refractivity contribution is 0.117. The fourth-order valence-electron chi connectivity index (χ4n) is 3.94. The average molecular weight is 448 g/mol. The molecule has 1 aliphatic rings. The lowest BCUT2D eigenvalue weighted by Crippen LogP contribution is -2.47. The molecule has 0 bridgehead atoms. The summed E-state index contributed by atoms with van der Waals surface area (Å²) in [6.45, 7) is 20.2. The minimum Gasteiger partial charge on any atom is -0.543 e. The Morgan fingerprint density at radius 2 is 1.72 bits per heavy atom. The molecule has 0 unspecified atom stereocenters. The second-order valence-electron chi connectivity index (χ2n) is 10.2. The van der Waals surface area contributed by atoms with E-state index >= 15 is 0 Å². The Morgan fingerprint density at radius 3 is 2.28 bits per heavy atom. The van der Waals surface area contributed by atoms with E-state index in [1.54, 1.807) is 0 Å². The fraction of sp³-hybridized carbons (Fsp3) is 0.444. The van der Waals surface area contributed by atoms with Gasteiger partial charge in [-0.15, -0.1) is 6.58 Å². The molecular formula is C27H37N3OSi. The zero-order valence-electron chi connectivity index (χ0n) is 20.3. The van der Waals surface area contributed by atoms with Gasteiger partial charge < -0.3 is 4.43 Å². The number of hydrogen-bond donors (Lipinski definition) is 0. The highest BCUT2D eigenvalue weighted by atomic mass is 28.4. The van der Waals surface area contributed by atoms with Crippen LogP contribution >= 0.6 is 0 Å². The van der Waals surface area contributed by atoms with Crippen molar-refractivity contribution in [2.24, 2.45) is 0 Å². The van der Waals surface area contributed by atoms with Crippen molar-refractivity contribution in [1.29, 1.82) is 5.26 Å². The Balaban J connectivity index is 1.93. The number of rotatable bonds is 7. The van der Waals surface area contributed by atoms with Gasteiger partial charge in [-0.25, -0.2) is 0 Å². The summed E-state index contributed by atoms with van der Waals surface area (Å²) in [4.78, 5) is 4.99. The van der Waals surface area contributed by atoms with E-state index < -0.39 is 8.32 Å². The number of nitrogens with zero attached hydrogens (tertiary/aromatic N) is 3. The van der Waals surface area contributed by atoms with Crippen LogP contribution in [0.3, 0.4) is 0 Å². The monoisotopic (exact) mass is 447 g/mol. The first-order chi connectivity index (χ1) is 15.1. The molecule has 2 aromatic carbocycles. The molecule has 0 radical (unpaired) electrons. The van der Waals surface area contributed by atoms with Crippen molar-refractivity contribution in [3.8, 4) is 11.8 Å². The second-order valence-corrected chi connectivity index (χ2v) is 14.9. The highest BCUT2D eigenvalue weighted by molar-refractivity contribution is 6.74. The Morgan fingerprint density at radius 1 is 1.06 bits per heavy atom. The number of piperazine rings is 1. The Labute approximate surface area is 195 Å². The van der Waals surface area contributed by atoms with Crippen LogP contribution in [0, 0.1) is 11.3 Å². The van der Waals surface area contributed by atoms with E-state index in [-0.39, 0.29) is 11.1 Å². The molecule has 1 atom stereocenters. The average Bonchev–Trinajstić information content (AvgIpc) is 2.75. The summed E-state index contributed by atoms with van der Waals surface area (Å²) in [6, 6.07) is 19.0. The van der Waals surface area contributed by atoms with Gasteiger partial charge in [-0.2, -0.15) is 5.26 Å². The Kier molecular flexibility index (Phi) is 7.61. The second kappa shape index (κ2) is 10.0. The van der Waals surface area contributed by atoms with Gasteiger partial charge in [0.2, 0.25) is 8.32 Å². The molecule has 0 N–H and O–H groups in total. The molecular weight excluding hydrogens is 410 g/mol. The van der Waals surface area contributed by atoms with Crippen molar-refractivity contribution < 1.29 is 4.43 Å². The van der Waals surface area contributed by atoms with Gasteiger partial charge in [0, 0.05) is 32.7 Å². The quantitative estimate of drug-likeness (QED) is 0.395. The summed E-state index contributed by atoms with van der Waals surface area (Å²) in [7, 11) is -1.92. The van der Waals surface area contributed by atoms with E-state index in [0.717, 1.165) is 38.5 Å². The number of benzene rings is 2. The van der Waals surface area contributed by atoms with Crippen molar-refractivity contribution in [2.45, 2.75) is 44.9 Å². The molecule has 170 valence electrons. The number of hydrogen-bond acceptors (Lipinski definition) is 4. The smallest absolute Gasteiger partial charge is 0.250 e. The number of nitriles is 1. The zero-order chi connectivity index (χ0) is 23.4. The minimum absolute atomic E-state index is 0.136. The Bertz CT molecular complexity index is 948. The standard InChI is InChI=1S/C27H37N3OSi/c1-7-15-29-16-18-30(19-17-29)26(23-13-11-22(21-28)12-14-23)24-9-8-10-25(20-24)31-32(5,6)27(2,3)4/h7-14,20,26H,1,15-19H2,2-6H3/t26-/m0/s1. The summed E-state index contributed by atoms with van der Waals surface area (Å²) in [5.74, 6) is 0.957. The maximum Gasteiger partial charge on any atom is 0.250 e. The van der Waals surface area contributed by atoms with Crippen LogP contribution in [0.4, 0.5) is 0 Å². The summed E-state index contributed by atoms with van der Waals surface area (Å²) < 4.78 is 6.62. The molecule has 32 heavy (non-hydrogen) atoms. The molecule has 4 nitrogen and oxygen atoms in total. The summed E-state index contributed by atoms with van der Waals surface area (Å²) in [6.07, 6.45) is 1.98. The maximum atomic E-state index is 9.24. The van der Waals surface area contributed by atoms with Gasteiger partial charge in [0.1, 0.15) is 5.75 Å². The predicted octanol–water partition coefficient (Wildman–Crippen LogP) is 5.84. The van der Waals surface area contributed by atoms with Gasteiger partial charge >= 0.3 is 0 Å². The van der Waals surface area contributed by atoms with Crippen LogP contribution in [0.1, 0.15) is 43.5 Å². The lowest BCUT2D eigenvalue weighted by Gasteiger charge is -2.40. The minimum atomic E-state index is -1.92. The van der Waals surface area contributed by atoms with Gasteiger partial charge in [0.25, 0.3) is 0 Å². The summed E-state index contributed by atoms with van der Waals surface area (Å²) >= 11 is 0. The Hall–Kier alpha value is -2.39. The summed E-state index contributed by atoms with van der Waals surface area (Å²) in [5, 5.41) is 9.39.